The predicted molar refractivity (Wildman–Crippen MR) is 70.2 cm³/mol. The molecule has 5 nitrogen and oxygen atoms in total. The van der Waals surface area contributed by atoms with Crippen molar-refractivity contribution in [1.29, 1.82) is 0 Å². The van der Waals surface area contributed by atoms with Crippen molar-refractivity contribution in [3.63, 3.8) is 0 Å². The van der Waals surface area contributed by atoms with E-state index in [0.717, 1.165) is 19.3 Å². The van der Waals surface area contributed by atoms with Crippen LogP contribution in [0.5, 0.6) is 0 Å². The van der Waals surface area contributed by atoms with E-state index in [9.17, 15) is 17.8 Å². The van der Waals surface area contributed by atoms with Gasteiger partial charge in [-0.1, -0.05) is 32.6 Å². The van der Waals surface area contributed by atoms with Gasteiger partial charge in [0.15, 0.2) is 0 Å². The third-order valence-electron chi connectivity index (χ3n) is 2.81. The Morgan fingerprint density at radius 2 is 1.68 bits per heavy atom. The van der Waals surface area contributed by atoms with Gasteiger partial charge in [-0.05, 0) is 12.8 Å². The molecule has 0 N–H and O–H groups in total. The molecule has 0 radical (unpaired) electrons. The summed E-state index contributed by atoms with van der Waals surface area (Å²) in [6.45, 7) is 2.47. The maximum Gasteiger partial charge on any atom is 1.00 e. The smallest absolute Gasteiger partial charge is 0.748 e. The number of hydrogen-bond acceptors (Lipinski definition) is 4. The molecular weight excluding hydrogens is 293 g/mol. The summed E-state index contributed by atoms with van der Waals surface area (Å²) in [5.41, 5.74) is 0. The van der Waals surface area contributed by atoms with E-state index in [4.69, 9.17) is 0 Å². The van der Waals surface area contributed by atoms with Crippen molar-refractivity contribution < 1.29 is 69.1 Å². The summed E-state index contributed by atoms with van der Waals surface area (Å²) in [4.78, 5) is 13.1. The molecule has 0 spiro atoms. The first-order valence-corrected chi connectivity index (χ1v) is 8.12. The van der Waals surface area contributed by atoms with Crippen molar-refractivity contribution >= 4 is 16.0 Å². The fourth-order valence-electron chi connectivity index (χ4n) is 1.67. The number of carbonyl (C=O) groups excluding carboxylic acids is 1. The largest absolute Gasteiger partial charge is 1.00 e. The Kier molecular flexibility index (Phi) is 14.9. The molecular formula is C12H24KNO4S. The Balaban J connectivity index is 0. The van der Waals surface area contributed by atoms with Gasteiger partial charge in [0.1, 0.15) is 0 Å². The number of amides is 1. The summed E-state index contributed by atoms with van der Waals surface area (Å²) in [7, 11) is -2.52. The number of unbranched alkanes of at least 4 members (excludes halogenated alkanes) is 4. The van der Waals surface area contributed by atoms with Crippen molar-refractivity contribution in [2.45, 2.75) is 51.9 Å². The van der Waals surface area contributed by atoms with E-state index in [1.165, 1.54) is 17.7 Å². The molecule has 0 saturated heterocycles. The number of nitrogens with zero attached hydrogens (tertiary/aromatic N) is 1. The van der Waals surface area contributed by atoms with Crippen LogP contribution in [0.2, 0.25) is 0 Å². The van der Waals surface area contributed by atoms with Crippen LogP contribution in [0, 0.1) is 0 Å². The molecule has 108 valence electrons. The third-order valence-corrected chi connectivity index (χ3v) is 3.60. The fraction of sp³-hybridized carbons (Fsp3) is 0.917. The fourth-order valence-corrected chi connectivity index (χ4v) is 2.16. The van der Waals surface area contributed by atoms with Crippen molar-refractivity contribution in [1.82, 2.24) is 4.90 Å². The maximum absolute atomic E-state index is 11.6. The van der Waals surface area contributed by atoms with Crippen LogP contribution in [0.15, 0.2) is 0 Å². The Hall–Kier alpha value is 1.02. The third kappa shape index (κ3) is 15.2. The van der Waals surface area contributed by atoms with Gasteiger partial charge in [0.2, 0.25) is 5.91 Å². The van der Waals surface area contributed by atoms with Crippen LogP contribution in [0.25, 0.3) is 0 Å². The molecule has 0 saturated carbocycles. The van der Waals surface area contributed by atoms with Crippen LogP contribution < -0.4 is 51.4 Å². The van der Waals surface area contributed by atoms with Gasteiger partial charge in [-0.15, -0.1) is 0 Å². The molecule has 0 atom stereocenters. The van der Waals surface area contributed by atoms with Gasteiger partial charge in [0, 0.05) is 25.8 Å². The standard InChI is InChI=1S/C12H25NO4S.K/c1-3-4-5-6-7-9-12(14)13(2)10-8-11-18(15,16)17;/h3-11H2,1-2H3,(H,15,16,17);/q;+1/p-1. The molecule has 0 aliphatic carbocycles. The van der Waals surface area contributed by atoms with Crippen molar-refractivity contribution in [3.8, 4) is 0 Å². The second-order valence-corrected chi connectivity index (χ2v) is 6.12. The first kappa shape index (κ1) is 22.3. The molecule has 19 heavy (non-hydrogen) atoms. The summed E-state index contributed by atoms with van der Waals surface area (Å²) < 4.78 is 31.2. The first-order chi connectivity index (χ1) is 8.37. The second-order valence-electron chi connectivity index (χ2n) is 4.59. The van der Waals surface area contributed by atoms with E-state index in [1.54, 1.807) is 7.05 Å². The Morgan fingerprint density at radius 3 is 2.21 bits per heavy atom. The van der Waals surface area contributed by atoms with Crippen LogP contribution in [-0.4, -0.2) is 43.1 Å². The molecule has 7 heteroatoms. The van der Waals surface area contributed by atoms with Crippen molar-refractivity contribution in [2.75, 3.05) is 19.3 Å². The Labute approximate surface area is 159 Å². The monoisotopic (exact) mass is 317 g/mol. The van der Waals surface area contributed by atoms with E-state index in [0.29, 0.717) is 13.0 Å². The van der Waals surface area contributed by atoms with Gasteiger partial charge in [-0.2, -0.15) is 0 Å². The van der Waals surface area contributed by atoms with E-state index in [2.05, 4.69) is 6.92 Å². The molecule has 0 aliphatic heterocycles. The zero-order valence-electron chi connectivity index (χ0n) is 12.4. The van der Waals surface area contributed by atoms with Crippen molar-refractivity contribution in [2.24, 2.45) is 0 Å². The van der Waals surface area contributed by atoms with Crippen LogP contribution >= 0.6 is 0 Å². The molecule has 0 rings (SSSR count). The topological polar surface area (TPSA) is 77.5 Å². The molecule has 0 aromatic heterocycles. The summed E-state index contributed by atoms with van der Waals surface area (Å²) in [5, 5.41) is 0. The molecule has 0 aliphatic rings. The predicted octanol–water partition coefficient (Wildman–Crippen LogP) is -1.26. The van der Waals surface area contributed by atoms with Crippen LogP contribution in [0.4, 0.5) is 0 Å². The number of carbonyl (C=O) groups is 1. The van der Waals surface area contributed by atoms with E-state index in [-0.39, 0.29) is 63.7 Å². The van der Waals surface area contributed by atoms with E-state index >= 15 is 0 Å². The van der Waals surface area contributed by atoms with Crippen LogP contribution in [-0.2, 0) is 14.9 Å². The van der Waals surface area contributed by atoms with Crippen LogP contribution in [0.3, 0.4) is 0 Å². The Bertz CT molecular complexity index is 333. The minimum atomic E-state index is -4.16. The number of rotatable bonds is 10. The van der Waals surface area contributed by atoms with Crippen LogP contribution in [0.1, 0.15) is 51.9 Å². The molecule has 0 unspecified atom stereocenters. The Morgan fingerprint density at radius 1 is 1.11 bits per heavy atom. The summed E-state index contributed by atoms with van der Waals surface area (Å²) in [5.74, 6) is -0.379. The number of hydrogen-bond donors (Lipinski definition) is 0. The average Bonchev–Trinajstić information content (AvgIpc) is 2.26. The zero-order chi connectivity index (χ0) is 14.0. The van der Waals surface area contributed by atoms with Gasteiger partial charge in [0.05, 0.1) is 10.1 Å². The van der Waals surface area contributed by atoms with Gasteiger partial charge in [-0.3, -0.25) is 4.79 Å². The maximum atomic E-state index is 11.6. The van der Waals surface area contributed by atoms with Gasteiger partial charge in [0.25, 0.3) is 0 Å². The second kappa shape index (κ2) is 12.7. The molecule has 0 aromatic rings. The SMILES string of the molecule is CCCCCCCC(=O)N(C)CCCS(=O)(=O)[O-].[K+]. The zero-order valence-corrected chi connectivity index (χ0v) is 16.3. The summed E-state index contributed by atoms with van der Waals surface area (Å²) in [6.07, 6.45) is 6.18. The normalized spacial score (nSPS) is 10.9. The molecule has 0 bridgehead atoms. The van der Waals surface area contributed by atoms with E-state index < -0.39 is 15.9 Å². The summed E-state index contributed by atoms with van der Waals surface area (Å²) in [6, 6.07) is 0. The van der Waals surface area contributed by atoms with Gasteiger partial charge < -0.3 is 9.45 Å². The summed E-state index contributed by atoms with van der Waals surface area (Å²) >= 11 is 0. The average molecular weight is 317 g/mol. The first-order valence-electron chi connectivity index (χ1n) is 6.54. The van der Waals surface area contributed by atoms with Crippen molar-refractivity contribution in [3.05, 3.63) is 0 Å². The minimum Gasteiger partial charge on any atom is -0.748 e. The molecule has 0 heterocycles. The van der Waals surface area contributed by atoms with Gasteiger partial charge in [-0.25, -0.2) is 8.42 Å². The molecule has 1 amide bonds. The van der Waals surface area contributed by atoms with Gasteiger partial charge >= 0.3 is 51.4 Å². The minimum absolute atomic E-state index is 0. The molecule has 0 aromatic carbocycles. The van der Waals surface area contributed by atoms with E-state index in [1.807, 2.05) is 0 Å². The molecule has 0 fully saturated rings. The quantitative estimate of drug-likeness (QED) is 0.286.